The smallest absolute Gasteiger partial charge is 0.257 e. The molecule has 1 fully saturated rings. The number of hydrogen-bond acceptors (Lipinski definition) is 5. The van der Waals surface area contributed by atoms with Crippen molar-refractivity contribution in [2.24, 2.45) is 0 Å². The first-order valence-corrected chi connectivity index (χ1v) is 8.92. The molecule has 2 aromatic rings. The Morgan fingerprint density at radius 1 is 1.27 bits per heavy atom. The Balaban J connectivity index is 1.75. The van der Waals surface area contributed by atoms with Crippen LogP contribution in [0, 0.1) is 0 Å². The fraction of sp³-hybridized carbons (Fsp3) is 0.316. The van der Waals surface area contributed by atoms with Crippen LogP contribution < -0.4 is 5.32 Å². The molecule has 4 rings (SSSR count). The van der Waals surface area contributed by atoms with Crippen LogP contribution in [0.25, 0.3) is 0 Å². The molecular weight excluding hydrogens is 356 g/mol. The number of para-hydroxylation sites is 1. The minimum atomic E-state index is -0.523. The average molecular weight is 375 g/mol. The third-order valence-corrected chi connectivity index (χ3v) is 5.12. The number of nitrogens with one attached hydrogen (secondary N) is 1. The van der Waals surface area contributed by atoms with Gasteiger partial charge in [0.05, 0.1) is 16.7 Å². The number of carbonyl (C=O) groups excluding carboxylic acids is 1. The molecule has 7 heteroatoms. The summed E-state index contributed by atoms with van der Waals surface area (Å²) in [4.78, 5) is 14.8. The van der Waals surface area contributed by atoms with Gasteiger partial charge in [0.2, 0.25) is 0 Å². The zero-order valence-corrected chi connectivity index (χ0v) is 14.7. The molecule has 2 heterocycles. The van der Waals surface area contributed by atoms with Crippen LogP contribution in [0.1, 0.15) is 34.9 Å². The summed E-state index contributed by atoms with van der Waals surface area (Å²) in [7, 11) is 0. The van der Waals surface area contributed by atoms with Crippen LogP contribution in [-0.4, -0.2) is 40.3 Å². The van der Waals surface area contributed by atoms with Crippen LogP contribution in [0.4, 0.5) is 5.69 Å². The summed E-state index contributed by atoms with van der Waals surface area (Å²) in [6.07, 6.45) is 1.34. The zero-order valence-electron chi connectivity index (χ0n) is 14.0. The van der Waals surface area contributed by atoms with Gasteiger partial charge in [0.25, 0.3) is 5.91 Å². The molecule has 6 nitrogen and oxygen atoms in total. The molecular formula is C19H19ClN2O4. The molecule has 1 amide bonds. The van der Waals surface area contributed by atoms with E-state index < -0.39 is 6.17 Å². The quantitative estimate of drug-likeness (QED) is 0.716. The van der Waals surface area contributed by atoms with Gasteiger partial charge in [-0.2, -0.15) is 0 Å². The number of rotatable bonds is 3. The second-order valence-corrected chi connectivity index (χ2v) is 6.96. The molecule has 0 spiro atoms. The van der Waals surface area contributed by atoms with Gasteiger partial charge in [0.15, 0.2) is 11.5 Å². The minimum Gasteiger partial charge on any atom is -0.504 e. The molecule has 2 aliphatic rings. The summed E-state index contributed by atoms with van der Waals surface area (Å²) in [5.74, 6) is -0.801. The largest absolute Gasteiger partial charge is 0.504 e. The second-order valence-electron chi connectivity index (χ2n) is 6.56. The van der Waals surface area contributed by atoms with Gasteiger partial charge in [-0.25, -0.2) is 0 Å². The third kappa shape index (κ3) is 2.95. The highest BCUT2D eigenvalue weighted by atomic mass is 35.5. The number of fused-ring (bicyclic) bond motifs is 1. The van der Waals surface area contributed by atoms with E-state index >= 15 is 0 Å². The minimum absolute atomic E-state index is 0.0188. The van der Waals surface area contributed by atoms with E-state index in [9.17, 15) is 15.0 Å². The van der Waals surface area contributed by atoms with E-state index in [0.29, 0.717) is 24.3 Å². The van der Waals surface area contributed by atoms with Crippen LogP contribution in [0.15, 0.2) is 36.4 Å². The van der Waals surface area contributed by atoms with Gasteiger partial charge in [0.1, 0.15) is 6.17 Å². The van der Waals surface area contributed by atoms with Crippen molar-refractivity contribution in [2.75, 3.05) is 18.5 Å². The van der Waals surface area contributed by atoms with E-state index in [0.717, 1.165) is 18.5 Å². The zero-order chi connectivity index (χ0) is 18.3. The van der Waals surface area contributed by atoms with Gasteiger partial charge in [-0.15, -0.1) is 0 Å². The molecule has 0 bridgehead atoms. The van der Waals surface area contributed by atoms with E-state index in [1.807, 2.05) is 18.2 Å². The molecule has 3 N–H and O–H groups in total. The van der Waals surface area contributed by atoms with Gasteiger partial charge in [-0.1, -0.05) is 23.7 Å². The first-order valence-electron chi connectivity index (χ1n) is 8.54. The fourth-order valence-electron chi connectivity index (χ4n) is 3.51. The molecule has 0 radical (unpaired) electrons. The number of phenolic OH excluding ortho intramolecular Hbond substituents is 2. The van der Waals surface area contributed by atoms with Crippen molar-refractivity contribution in [3.8, 4) is 11.5 Å². The van der Waals surface area contributed by atoms with Crippen molar-refractivity contribution in [1.82, 2.24) is 4.90 Å². The highest BCUT2D eigenvalue weighted by molar-refractivity contribution is 6.32. The summed E-state index contributed by atoms with van der Waals surface area (Å²) in [6.45, 7) is 1.14. The molecule has 0 aromatic heterocycles. The number of ether oxygens (including phenoxy) is 1. The predicted molar refractivity (Wildman–Crippen MR) is 97.6 cm³/mol. The van der Waals surface area contributed by atoms with Crippen LogP contribution in [-0.2, 0) is 4.74 Å². The molecule has 1 saturated heterocycles. The van der Waals surface area contributed by atoms with Gasteiger partial charge in [0, 0.05) is 24.4 Å². The number of nitrogens with zero attached hydrogens (tertiary/aromatic N) is 1. The summed E-state index contributed by atoms with van der Waals surface area (Å²) in [5, 5.41) is 23.1. The number of anilines is 1. The van der Waals surface area contributed by atoms with E-state index in [4.69, 9.17) is 16.3 Å². The van der Waals surface area contributed by atoms with E-state index in [1.165, 1.54) is 6.07 Å². The Morgan fingerprint density at radius 3 is 2.81 bits per heavy atom. The SMILES string of the molecule is O=C1c2ccccc2NC(c2cc(O)c(O)c(Cl)c2)N1CC1CCCO1. The van der Waals surface area contributed by atoms with Crippen LogP contribution in [0.2, 0.25) is 5.02 Å². The molecule has 26 heavy (non-hydrogen) atoms. The van der Waals surface area contributed by atoms with E-state index in [2.05, 4.69) is 5.32 Å². The van der Waals surface area contributed by atoms with Gasteiger partial charge in [-0.3, -0.25) is 4.79 Å². The van der Waals surface area contributed by atoms with Crippen LogP contribution >= 0.6 is 11.6 Å². The number of hydrogen-bond donors (Lipinski definition) is 3. The lowest BCUT2D eigenvalue weighted by Crippen LogP contribution is -2.46. The van der Waals surface area contributed by atoms with Gasteiger partial charge >= 0.3 is 0 Å². The number of carbonyl (C=O) groups is 1. The number of phenols is 2. The fourth-order valence-corrected chi connectivity index (χ4v) is 3.74. The number of amides is 1. The van der Waals surface area contributed by atoms with Crippen molar-refractivity contribution in [3.63, 3.8) is 0 Å². The first kappa shape index (κ1) is 17.0. The number of aromatic hydroxyl groups is 2. The van der Waals surface area contributed by atoms with E-state index in [-0.39, 0.29) is 28.5 Å². The second kappa shape index (κ2) is 6.70. The lowest BCUT2D eigenvalue weighted by molar-refractivity contribution is 0.0426. The molecule has 2 unspecified atom stereocenters. The molecule has 0 saturated carbocycles. The average Bonchev–Trinajstić information content (AvgIpc) is 3.15. The summed E-state index contributed by atoms with van der Waals surface area (Å²) in [5.41, 5.74) is 1.90. The first-order chi connectivity index (χ1) is 12.5. The highest BCUT2D eigenvalue weighted by Gasteiger charge is 2.35. The van der Waals surface area contributed by atoms with Crippen molar-refractivity contribution in [3.05, 3.63) is 52.5 Å². The van der Waals surface area contributed by atoms with Crippen molar-refractivity contribution < 1.29 is 19.7 Å². The monoisotopic (exact) mass is 374 g/mol. The molecule has 0 aliphatic carbocycles. The topological polar surface area (TPSA) is 82.0 Å². The summed E-state index contributed by atoms with van der Waals surface area (Å²) >= 11 is 6.03. The Morgan fingerprint density at radius 2 is 2.08 bits per heavy atom. The predicted octanol–water partition coefficient (Wildman–Crippen LogP) is 3.50. The van der Waals surface area contributed by atoms with Gasteiger partial charge in [-0.05, 0) is 37.1 Å². The molecule has 2 aliphatic heterocycles. The highest BCUT2D eigenvalue weighted by Crippen LogP contribution is 2.40. The van der Waals surface area contributed by atoms with Crippen molar-refractivity contribution in [2.45, 2.75) is 25.1 Å². The number of benzene rings is 2. The Hall–Kier alpha value is -2.44. The molecule has 136 valence electrons. The van der Waals surface area contributed by atoms with Gasteiger partial charge < -0.3 is 25.2 Å². The van der Waals surface area contributed by atoms with Crippen LogP contribution in [0.5, 0.6) is 11.5 Å². The maximum absolute atomic E-state index is 13.1. The van der Waals surface area contributed by atoms with Crippen molar-refractivity contribution in [1.29, 1.82) is 0 Å². The van der Waals surface area contributed by atoms with E-state index in [1.54, 1.807) is 17.0 Å². The lowest BCUT2D eigenvalue weighted by Gasteiger charge is -2.39. The standard InChI is InChI=1S/C19H19ClN2O4/c20-14-8-11(9-16(23)17(14)24)18-21-15-6-2-1-5-13(15)19(25)22(18)10-12-4-3-7-26-12/h1-2,5-6,8-9,12,18,21,23-24H,3-4,7,10H2. The Bertz CT molecular complexity index is 828. The molecule has 2 atom stereocenters. The van der Waals surface area contributed by atoms with Crippen LogP contribution in [0.3, 0.4) is 0 Å². The third-order valence-electron chi connectivity index (χ3n) is 4.83. The maximum Gasteiger partial charge on any atom is 0.257 e. The van der Waals surface area contributed by atoms with Crippen molar-refractivity contribution >= 4 is 23.2 Å². The normalized spacial score (nSPS) is 22.2. The summed E-state index contributed by atoms with van der Waals surface area (Å²) < 4.78 is 5.71. The number of halogens is 1. The Kier molecular flexibility index (Phi) is 4.38. The maximum atomic E-state index is 13.1. The lowest BCUT2D eigenvalue weighted by atomic mass is 10.0. The Labute approximate surface area is 156 Å². The molecule has 2 aromatic carbocycles. The summed E-state index contributed by atoms with van der Waals surface area (Å²) in [6, 6.07) is 10.3.